The Kier molecular flexibility index (Phi) is 2.22. The maximum absolute atomic E-state index is 12.8. The molecule has 0 aliphatic carbocycles. The number of benzene rings is 1. The largest absolute Gasteiger partial charge is 0.504 e. The van der Waals surface area contributed by atoms with Crippen LogP contribution in [-0.2, 0) is 0 Å². The van der Waals surface area contributed by atoms with Gasteiger partial charge in [-0.2, -0.15) is 0 Å². The predicted molar refractivity (Wildman–Crippen MR) is 43.8 cm³/mol. The number of phenols is 2. The summed E-state index contributed by atoms with van der Waals surface area (Å²) < 4.78 is 12.8. The lowest BCUT2D eigenvalue weighted by Crippen LogP contribution is -1.89. The fraction of sp³-hybridized carbons (Fsp3) is 0.333. The van der Waals surface area contributed by atoms with E-state index >= 15 is 0 Å². The Balaban J connectivity index is 3.21. The van der Waals surface area contributed by atoms with Crippen LogP contribution in [0.4, 0.5) is 4.39 Å². The van der Waals surface area contributed by atoms with E-state index in [1.807, 2.05) is 13.8 Å². The smallest absolute Gasteiger partial charge is 0.194 e. The standard InChI is InChI=1S/C9H11FO2/c1-5(2)6-3-7(10)9(12)8(11)4-6/h3-5,11-12H,1-2H3. The second-order valence-electron chi connectivity index (χ2n) is 3.03. The molecule has 1 rings (SSSR count). The minimum Gasteiger partial charge on any atom is -0.504 e. The van der Waals surface area contributed by atoms with Crippen molar-refractivity contribution in [3.8, 4) is 11.5 Å². The molecule has 1 aromatic rings. The normalized spacial score (nSPS) is 10.7. The molecule has 0 heterocycles. The summed E-state index contributed by atoms with van der Waals surface area (Å²) in [5.74, 6) is -1.73. The summed E-state index contributed by atoms with van der Waals surface area (Å²) in [6, 6.07) is 2.59. The zero-order valence-corrected chi connectivity index (χ0v) is 7.00. The second-order valence-corrected chi connectivity index (χ2v) is 3.03. The van der Waals surface area contributed by atoms with Crippen molar-refractivity contribution in [1.82, 2.24) is 0 Å². The number of hydrogen-bond donors (Lipinski definition) is 2. The van der Waals surface area contributed by atoms with Gasteiger partial charge >= 0.3 is 0 Å². The van der Waals surface area contributed by atoms with E-state index in [1.54, 1.807) is 0 Å². The third-order valence-electron chi connectivity index (χ3n) is 1.73. The van der Waals surface area contributed by atoms with Crippen molar-refractivity contribution in [2.24, 2.45) is 0 Å². The van der Waals surface area contributed by atoms with Gasteiger partial charge in [0.05, 0.1) is 0 Å². The molecule has 0 aliphatic heterocycles. The van der Waals surface area contributed by atoms with Crippen LogP contribution in [0.15, 0.2) is 12.1 Å². The maximum atomic E-state index is 12.8. The number of phenolic OH excluding ortho intramolecular Hbond substituents is 2. The highest BCUT2D eigenvalue weighted by atomic mass is 19.1. The SMILES string of the molecule is CC(C)c1cc(O)c(O)c(F)c1. The molecule has 0 aliphatic rings. The van der Waals surface area contributed by atoms with Gasteiger partial charge in [0.1, 0.15) is 0 Å². The van der Waals surface area contributed by atoms with Gasteiger partial charge in [0.15, 0.2) is 17.3 Å². The van der Waals surface area contributed by atoms with Crippen molar-refractivity contribution >= 4 is 0 Å². The first-order valence-electron chi connectivity index (χ1n) is 3.73. The molecule has 0 saturated carbocycles. The van der Waals surface area contributed by atoms with Gasteiger partial charge in [0.25, 0.3) is 0 Å². The lowest BCUT2D eigenvalue weighted by molar-refractivity contribution is 0.378. The van der Waals surface area contributed by atoms with Crippen LogP contribution in [0.2, 0.25) is 0 Å². The summed E-state index contributed by atoms with van der Waals surface area (Å²) >= 11 is 0. The van der Waals surface area contributed by atoms with Gasteiger partial charge in [0, 0.05) is 0 Å². The molecule has 0 aromatic heterocycles. The van der Waals surface area contributed by atoms with E-state index in [0.29, 0.717) is 5.56 Å². The summed E-state index contributed by atoms with van der Waals surface area (Å²) in [5, 5.41) is 17.9. The number of hydrogen-bond acceptors (Lipinski definition) is 2. The average Bonchev–Trinajstić information content (AvgIpc) is 1.99. The molecule has 0 radical (unpaired) electrons. The van der Waals surface area contributed by atoms with E-state index < -0.39 is 17.3 Å². The molecular formula is C9H11FO2. The Bertz CT molecular complexity index is 272. The van der Waals surface area contributed by atoms with Crippen LogP contribution < -0.4 is 0 Å². The van der Waals surface area contributed by atoms with E-state index in [-0.39, 0.29) is 5.92 Å². The number of halogens is 1. The zero-order chi connectivity index (χ0) is 9.30. The second kappa shape index (κ2) is 3.01. The molecule has 1 aromatic carbocycles. The third-order valence-corrected chi connectivity index (χ3v) is 1.73. The summed E-state index contributed by atoms with van der Waals surface area (Å²) in [6.45, 7) is 3.76. The molecular weight excluding hydrogens is 159 g/mol. The average molecular weight is 170 g/mol. The predicted octanol–water partition coefficient (Wildman–Crippen LogP) is 2.36. The molecule has 0 spiro atoms. The first-order chi connectivity index (χ1) is 5.52. The van der Waals surface area contributed by atoms with E-state index in [4.69, 9.17) is 10.2 Å². The highest BCUT2D eigenvalue weighted by Crippen LogP contribution is 2.31. The van der Waals surface area contributed by atoms with Crippen molar-refractivity contribution in [1.29, 1.82) is 0 Å². The topological polar surface area (TPSA) is 40.5 Å². The van der Waals surface area contributed by atoms with Crippen LogP contribution in [0.3, 0.4) is 0 Å². The van der Waals surface area contributed by atoms with Crippen LogP contribution in [0.1, 0.15) is 25.3 Å². The van der Waals surface area contributed by atoms with E-state index in [1.165, 1.54) is 12.1 Å². The van der Waals surface area contributed by atoms with Crippen molar-refractivity contribution in [3.05, 3.63) is 23.5 Å². The highest BCUT2D eigenvalue weighted by Gasteiger charge is 2.10. The summed E-state index contributed by atoms with van der Waals surface area (Å²) in [7, 11) is 0. The van der Waals surface area contributed by atoms with Gasteiger partial charge in [-0.05, 0) is 23.6 Å². The maximum Gasteiger partial charge on any atom is 0.194 e. The Hall–Kier alpha value is -1.25. The van der Waals surface area contributed by atoms with Crippen LogP contribution in [0, 0.1) is 5.82 Å². The van der Waals surface area contributed by atoms with E-state index in [9.17, 15) is 4.39 Å². The van der Waals surface area contributed by atoms with Gasteiger partial charge in [0.2, 0.25) is 0 Å². The summed E-state index contributed by atoms with van der Waals surface area (Å²) in [4.78, 5) is 0. The van der Waals surface area contributed by atoms with Crippen LogP contribution in [0.5, 0.6) is 11.5 Å². The van der Waals surface area contributed by atoms with Crippen molar-refractivity contribution in [2.45, 2.75) is 19.8 Å². The molecule has 66 valence electrons. The lowest BCUT2D eigenvalue weighted by atomic mass is 10.0. The van der Waals surface area contributed by atoms with Crippen LogP contribution in [-0.4, -0.2) is 10.2 Å². The fourth-order valence-electron chi connectivity index (χ4n) is 0.938. The summed E-state index contributed by atoms with van der Waals surface area (Å²) in [5.41, 5.74) is 0.669. The van der Waals surface area contributed by atoms with Gasteiger partial charge in [-0.3, -0.25) is 0 Å². The lowest BCUT2D eigenvalue weighted by Gasteiger charge is -2.07. The molecule has 0 saturated heterocycles. The highest BCUT2D eigenvalue weighted by molar-refractivity contribution is 5.42. The molecule has 12 heavy (non-hydrogen) atoms. The first kappa shape index (κ1) is 8.84. The molecule has 2 N–H and O–H groups in total. The van der Waals surface area contributed by atoms with Gasteiger partial charge in [-0.25, -0.2) is 4.39 Å². The van der Waals surface area contributed by atoms with Gasteiger partial charge in [-0.15, -0.1) is 0 Å². The molecule has 0 fully saturated rings. The monoisotopic (exact) mass is 170 g/mol. The first-order valence-corrected chi connectivity index (χ1v) is 3.73. The van der Waals surface area contributed by atoms with Crippen molar-refractivity contribution in [2.75, 3.05) is 0 Å². The van der Waals surface area contributed by atoms with Crippen molar-refractivity contribution < 1.29 is 14.6 Å². The molecule has 2 nitrogen and oxygen atoms in total. The third kappa shape index (κ3) is 1.49. The minimum absolute atomic E-state index is 0.131. The Labute approximate surface area is 70.3 Å². The van der Waals surface area contributed by atoms with Crippen molar-refractivity contribution in [3.63, 3.8) is 0 Å². The zero-order valence-electron chi connectivity index (χ0n) is 7.00. The van der Waals surface area contributed by atoms with Crippen LogP contribution in [0.25, 0.3) is 0 Å². The van der Waals surface area contributed by atoms with Gasteiger partial charge < -0.3 is 10.2 Å². The Morgan fingerprint density at radius 1 is 1.25 bits per heavy atom. The number of aromatic hydroxyl groups is 2. The molecule has 3 heteroatoms. The molecule has 0 amide bonds. The molecule has 0 bridgehead atoms. The van der Waals surface area contributed by atoms with E-state index in [0.717, 1.165) is 0 Å². The fourth-order valence-corrected chi connectivity index (χ4v) is 0.938. The molecule has 0 unspecified atom stereocenters. The Morgan fingerprint density at radius 3 is 2.25 bits per heavy atom. The van der Waals surface area contributed by atoms with E-state index in [2.05, 4.69) is 0 Å². The van der Waals surface area contributed by atoms with Crippen LogP contribution >= 0.6 is 0 Å². The summed E-state index contributed by atoms with van der Waals surface area (Å²) in [6.07, 6.45) is 0. The minimum atomic E-state index is -0.779. The quantitative estimate of drug-likeness (QED) is 0.635. The van der Waals surface area contributed by atoms with Gasteiger partial charge in [-0.1, -0.05) is 13.8 Å². The molecule has 0 atom stereocenters. The Morgan fingerprint density at radius 2 is 1.83 bits per heavy atom. The number of rotatable bonds is 1.